The summed E-state index contributed by atoms with van der Waals surface area (Å²) in [6.45, 7) is 0.566. The summed E-state index contributed by atoms with van der Waals surface area (Å²) >= 11 is 0. The number of hydroxylamine groups is 1. The van der Waals surface area contributed by atoms with Gasteiger partial charge in [0.1, 0.15) is 0 Å². The molecule has 0 fully saturated rings. The van der Waals surface area contributed by atoms with Crippen LogP contribution in [0.2, 0.25) is 0 Å². The molecule has 1 aromatic rings. The fourth-order valence-electron chi connectivity index (χ4n) is 1.56. The smallest absolute Gasteiger partial charge is 0.414 e. The minimum Gasteiger partial charge on any atom is -0.473 e. The number of hydrogen-bond donors (Lipinski definition) is 5. The third kappa shape index (κ3) is 13.2. The van der Waals surface area contributed by atoms with Crippen molar-refractivity contribution in [2.24, 2.45) is 0 Å². The lowest BCUT2D eigenvalue weighted by Gasteiger charge is -2.02. The predicted molar refractivity (Wildman–Crippen MR) is 89.9 cm³/mol. The number of carbonyl (C=O) groups is 4. The van der Waals surface area contributed by atoms with Crippen LogP contribution in [0.15, 0.2) is 30.6 Å². The first-order valence-corrected chi connectivity index (χ1v) is 7.62. The van der Waals surface area contributed by atoms with Gasteiger partial charge in [0, 0.05) is 31.4 Å². The number of carbonyl (C=O) groups excluding carboxylic acids is 2. The van der Waals surface area contributed by atoms with Crippen LogP contribution in [0.5, 0.6) is 0 Å². The Bertz CT molecular complexity index is 606. The SMILES string of the molecule is O=C(C=Cc1cccnc1)NCCCCCC(=O)NO.O=C(O)C(=O)O. The third-order valence-corrected chi connectivity index (χ3v) is 2.80. The number of hydrogen-bond acceptors (Lipinski definition) is 6. The zero-order valence-corrected chi connectivity index (χ0v) is 13.9. The Morgan fingerprint density at radius 1 is 1.08 bits per heavy atom. The Balaban J connectivity index is 0.000000896. The Morgan fingerprint density at radius 2 is 1.77 bits per heavy atom. The van der Waals surface area contributed by atoms with Gasteiger partial charge in [0.25, 0.3) is 0 Å². The van der Waals surface area contributed by atoms with Gasteiger partial charge in [0.05, 0.1) is 0 Å². The minimum absolute atomic E-state index is 0.151. The summed E-state index contributed by atoms with van der Waals surface area (Å²) in [6, 6.07) is 3.67. The second kappa shape index (κ2) is 14.1. The summed E-state index contributed by atoms with van der Waals surface area (Å²) < 4.78 is 0. The second-order valence-corrected chi connectivity index (χ2v) is 4.87. The molecule has 0 unspecified atom stereocenters. The van der Waals surface area contributed by atoms with Crippen molar-refractivity contribution in [2.75, 3.05) is 6.54 Å². The van der Waals surface area contributed by atoms with E-state index in [0.717, 1.165) is 18.4 Å². The second-order valence-electron chi connectivity index (χ2n) is 4.87. The molecule has 1 heterocycles. The van der Waals surface area contributed by atoms with E-state index in [2.05, 4.69) is 10.3 Å². The van der Waals surface area contributed by atoms with E-state index in [0.29, 0.717) is 19.4 Å². The molecule has 1 aromatic heterocycles. The number of unbranched alkanes of at least 4 members (excludes halogenated alkanes) is 2. The van der Waals surface area contributed by atoms with E-state index < -0.39 is 11.9 Å². The van der Waals surface area contributed by atoms with Crippen LogP contribution in [0.3, 0.4) is 0 Å². The quantitative estimate of drug-likeness (QED) is 0.145. The summed E-state index contributed by atoms with van der Waals surface area (Å²) in [6.07, 6.45) is 9.12. The molecule has 0 aliphatic rings. The first-order valence-electron chi connectivity index (χ1n) is 7.62. The molecule has 0 spiro atoms. The van der Waals surface area contributed by atoms with Gasteiger partial charge in [0.2, 0.25) is 11.8 Å². The van der Waals surface area contributed by atoms with Crippen molar-refractivity contribution in [2.45, 2.75) is 25.7 Å². The highest BCUT2D eigenvalue weighted by atomic mass is 16.5. The largest absolute Gasteiger partial charge is 0.473 e. The van der Waals surface area contributed by atoms with Crippen molar-refractivity contribution in [1.82, 2.24) is 15.8 Å². The normalized spacial score (nSPS) is 9.73. The van der Waals surface area contributed by atoms with Gasteiger partial charge in [-0.25, -0.2) is 15.1 Å². The summed E-state index contributed by atoms with van der Waals surface area (Å²) in [5.41, 5.74) is 2.46. The summed E-state index contributed by atoms with van der Waals surface area (Å²) in [7, 11) is 0. The average molecular weight is 367 g/mol. The monoisotopic (exact) mass is 367 g/mol. The molecule has 0 saturated heterocycles. The van der Waals surface area contributed by atoms with Crippen molar-refractivity contribution in [3.63, 3.8) is 0 Å². The van der Waals surface area contributed by atoms with Gasteiger partial charge in [-0.1, -0.05) is 12.5 Å². The topological polar surface area (TPSA) is 166 Å². The molecule has 0 aliphatic carbocycles. The molecule has 0 aliphatic heterocycles. The Kier molecular flexibility index (Phi) is 12.3. The minimum atomic E-state index is -1.82. The fraction of sp³-hybridized carbons (Fsp3) is 0.312. The number of nitrogens with one attached hydrogen (secondary N) is 2. The molecule has 2 amide bonds. The van der Waals surface area contributed by atoms with Crippen molar-refractivity contribution in [3.05, 3.63) is 36.2 Å². The van der Waals surface area contributed by atoms with Crippen molar-refractivity contribution >= 4 is 29.8 Å². The molecule has 0 bridgehead atoms. The number of amides is 2. The Labute approximate surface area is 149 Å². The molecule has 1 rings (SSSR count). The van der Waals surface area contributed by atoms with E-state index in [4.69, 9.17) is 25.0 Å². The van der Waals surface area contributed by atoms with Crippen LogP contribution in [-0.2, 0) is 19.2 Å². The highest BCUT2D eigenvalue weighted by molar-refractivity contribution is 6.27. The maximum atomic E-state index is 11.5. The van der Waals surface area contributed by atoms with Crippen LogP contribution in [-0.4, -0.2) is 50.7 Å². The molecule has 0 radical (unpaired) electrons. The number of aromatic nitrogens is 1. The van der Waals surface area contributed by atoms with E-state index >= 15 is 0 Å². The zero-order valence-electron chi connectivity index (χ0n) is 13.9. The van der Waals surface area contributed by atoms with Crippen molar-refractivity contribution in [1.29, 1.82) is 0 Å². The molecule has 0 saturated carbocycles. The van der Waals surface area contributed by atoms with Gasteiger partial charge in [0.15, 0.2) is 0 Å². The molecule has 10 nitrogen and oxygen atoms in total. The maximum absolute atomic E-state index is 11.5. The average Bonchev–Trinajstić information content (AvgIpc) is 2.63. The van der Waals surface area contributed by atoms with E-state index in [1.54, 1.807) is 30.0 Å². The first-order chi connectivity index (χ1) is 12.4. The summed E-state index contributed by atoms with van der Waals surface area (Å²) in [5, 5.41) is 25.8. The molecule has 10 heteroatoms. The number of pyridine rings is 1. The molecular weight excluding hydrogens is 346 g/mol. The van der Waals surface area contributed by atoms with Crippen LogP contribution in [0.25, 0.3) is 6.08 Å². The van der Waals surface area contributed by atoms with E-state index in [1.807, 2.05) is 6.07 Å². The predicted octanol–water partition coefficient (Wildman–Crippen LogP) is 0.432. The number of nitrogens with zero attached hydrogens (tertiary/aromatic N) is 1. The fourth-order valence-corrected chi connectivity index (χ4v) is 1.56. The maximum Gasteiger partial charge on any atom is 0.414 e. The lowest BCUT2D eigenvalue weighted by atomic mass is 10.2. The summed E-state index contributed by atoms with van der Waals surface area (Å²) in [5.74, 6) is -4.18. The van der Waals surface area contributed by atoms with Crippen LogP contribution >= 0.6 is 0 Å². The molecular formula is C16H21N3O7. The highest BCUT2D eigenvalue weighted by Gasteiger charge is 2.04. The van der Waals surface area contributed by atoms with Gasteiger partial charge in [-0.2, -0.15) is 0 Å². The molecule has 26 heavy (non-hydrogen) atoms. The molecule has 0 aromatic carbocycles. The lowest BCUT2D eigenvalue weighted by molar-refractivity contribution is -0.159. The van der Waals surface area contributed by atoms with Gasteiger partial charge >= 0.3 is 11.9 Å². The number of rotatable bonds is 8. The molecule has 5 N–H and O–H groups in total. The van der Waals surface area contributed by atoms with Crippen LogP contribution in [0.1, 0.15) is 31.2 Å². The standard InChI is InChI=1S/C14H19N3O3.C2H2O4/c18-13(8-7-12-5-4-9-15-11-12)16-10-3-1-2-6-14(19)17-20;3-1(4)2(5)6/h4-5,7-9,11,20H,1-3,6,10H2,(H,16,18)(H,17,19);(H,3,4)(H,5,6). The number of carboxylic acid groups (broad SMARTS) is 2. The molecule has 0 atom stereocenters. The summed E-state index contributed by atoms with van der Waals surface area (Å²) in [4.78, 5) is 44.4. The van der Waals surface area contributed by atoms with E-state index in [9.17, 15) is 9.59 Å². The highest BCUT2D eigenvalue weighted by Crippen LogP contribution is 1.99. The van der Waals surface area contributed by atoms with Crippen LogP contribution in [0.4, 0.5) is 0 Å². The van der Waals surface area contributed by atoms with E-state index in [-0.39, 0.29) is 11.8 Å². The van der Waals surface area contributed by atoms with Crippen molar-refractivity contribution in [3.8, 4) is 0 Å². The Hall–Kier alpha value is -3.27. The lowest BCUT2D eigenvalue weighted by Crippen LogP contribution is -2.22. The number of carboxylic acids is 2. The Morgan fingerprint density at radius 3 is 2.31 bits per heavy atom. The molecule has 142 valence electrons. The van der Waals surface area contributed by atoms with Crippen LogP contribution in [0, 0.1) is 0 Å². The van der Waals surface area contributed by atoms with Crippen molar-refractivity contribution < 1.29 is 34.6 Å². The van der Waals surface area contributed by atoms with Gasteiger partial charge in [-0.05, 0) is 30.5 Å². The zero-order chi connectivity index (χ0) is 19.8. The first kappa shape index (κ1) is 22.7. The van der Waals surface area contributed by atoms with Crippen LogP contribution < -0.4 is 10.8 Å². The van der Waals surface area contributed by atoms with Gasteiger partial charge in [-0.3, -0.25) is 19.8 Å². The third-order valence-electron chi connectivity index (χ3n) is 2.80. The van der Waals surface area contributed by atoms with Gasteiger partial charge in [-0.15, -0.1) is 0 Å². The van der Waals surface area contributed by atoms with E-state index in [1.165, 1.54) is 6.08 Å². The number of aliphatic carboxylic acids is 2. The van der Waals surface area contributed by atoms with Gasteiger partial charge < -0.3 is 15.5 Å².